The number of hydrogen-bond acceptors (Lipinski definition) is 3. The normalized spacial score (nSPS) is 30.7. The van der Waals surface area contributed by atoms with Gasteiger partial charge in [0.25, 0.3) is 0 Å². The minimum atomic E-state index is -0.766. The number of carboxylic acids is 1. The fourth-order valence-electron chi connectivity index (χ4n) is 3.06. The summed E-state index contributed by atoms with van der Waals surface area (Å²) in [7, 11) is 0. The summed E-state index contributed by atoms with van der Waals surface area (Å²) in [5, 5.41) is 14.6. The maximum absolute atomic E-state index is 11.7. The summed E-state index contributed by atoms with van der Waals surface area (Å²) in [6, 6.07) is 0. The van der Waals surface area contributed by atoms with Gasteiger partial charge < -0.3 is 15.7 Å². The second-order valence-corrected chi connectivity index (χ2v) is 6.30. The summed E-state index contributed by atoms with van der Waals surface area (Å²) >= 11 is 0. The Bertz CT molecular complexity index is 424. The fourth-order valence-corrected chi connectivity index (χ4v) is 3.06. The van der Waals surface area contributed by atoms with Crippen LogP contribution in [0.3, 0.4) is 0 Å². The molecular formula is C15H24N2O4. The molecule has 2 fully saturated rings. The van der Waals surface area contributed by atoms with Gasteiger partial charge in [-0.25, -0.2) is 0 Å². The Morgan fingerprint density at radius 2 is 1.86 bits per heavy atom. The zero-order valence-corrected chi connectivity index (χ0v) is 12.4. The lowest BCUT2D eigenvalue weighted by Crippen LogP contribution is -2.35. The first-order valence-electron chi connectivity index (χ1n) is 7.76. The molecule has 0 radical (unpaired) electrons. The van der Waals surface area contributed by atoms with Crippen LogP contribution in [0.25, 0.3) is 0 Å². The maximum Gasteiger partial charge on any atom is 0.306 e. The molecule has 2 aliphatic carbocycles. The highest BCUT2D eigenvalue weighted by Crippen LogP contribution is 2.37. The van der Waals surface area contributed by atoms with Gasteiger partial charge in [-0.3, -0.25) is 14.4 Å². The molecule has 6 nitrogen and oxygen atoms in total. The van der Waals surface area contributed by atoms with Gasteiger partial charge in [-0.05, 0) is 31.1 Å². The minimum absolute atomic E-state index is 0.0355. The highest BCUT2D eigenvalue weighted by atomic mass is 16.4. The van der Waals surface area contributed by atoms with Gasteiger partial charge in [0.1, 0.15) is 0 Å². The van der Waals surface area contributed by atoms with Gasteiger partial charge >= 0.3 is 5.97 Å². The van der Waals surface area contributed by atoms with Crippen LogP contribution in [-0.4, -0.2) is 36.0 Å². The van der Waals surface area contributed by atoms with Crippen molar-refractivity contribution in [2.45, 2.75) is 39.0 Å². The number of carbonyl (C=O) groups is 3. The maximum atomic E-state index is 11.7. The molecule has 0 aromatic rings. The van der Waals surface area contributed by atoms with Gasteiger partial charge in [0, 0.05) is 25.4 Å². The molecule has 0 spiro atoms. The molecular weight excluding hydrogens is 272 g/mol. The summed E-state index contributed by atoms with van der Waals surface area (Å²) in [6.07, 6.45) is 3.65. The molecule has 3 N–H and O–H groups in total. The number of carbonyl (C=O) groups excluding carboxylic acids is 2. The standard InChI is InChI=1S/C15H24N2O4/c1-9-7-12(9)14(19)16-6-5-13(18)17-8-10-3-2-4-11(10)15(20)21/h9-12H,2-8H2,1H3,(H,16,19)(H,17,18)(H,20,21). The van der Waals surface area contributed by atoms with Crippen LogP contribution in [0.4, 0.5) is 0 Å². The Labute approximate surface area is 124 Å². The van der Waals surface area contributed by atoms with Crippen LogP contribution in [0, 0.1) is 23.7 Å². The molecule has 0 bridgehead atoms. The van der Waals surface area contributed by atoms with Crippen LogP contribution < -0.4 is 10.6 Å². The van der Waals surface area contributed by atoms with E-state index in [2.05, 4.69) is 10.6 Å². The molecule has 4 unspecified atom stereocenters. The molecule has 118 valence electrons. The van der Waals surface area contributed by atoms with Gasteiger partial charge in [0.2, 0.25) is 11.8 Å². The fraction of sp³-hybridized carbons (Fsp3) is 0.800. The van der Waals surface area contributed by atoms with E-state index >= 15 is 0 Å². The number of rotatable bonds is 7. The molecule has 2 aliphatic rings. The number of nitrogens with one attached hydrogen (secondary N) is 2. The predicted octanol–water partition coefficient (Wildman–Crippen LogP) is 0.766. The lowest BCUT2D eigenvalue weighted by Gasteiger charge is -2.16. The molecule has 0 aromatic heterocycles. The summed E-state index contributed by atoms with van der Waals surface area (Å²) in [6.45, 7) is 2.81. The first kappa shape index (κ1) is 15.8. The van der Waals surface area contributed by atoms with Crippen molar-refractivity contribution in [2.24, 2.45) is 23.7 Å². The highest BCUT2D eigenvalue weighted by molar-refractivity contribution is 5.82. The summed E-state index contributed by atoms with van der Waals surface area (Å²) in [4.78, 5) is 34.3. The predicted molar refractivity (Wildman–Crippen MR) is 76.4 cm³/mol. The Morgan fingerprint density at radius 1 is 1.14 bits per heavy atom. The third-order valence-corrected chi connectivity index (χ3v) is 4.64. The van der Waals surface area contributed by atoms with E-state index in [1.807, 2.05) is 6.92 Å². The summed E-state index contributed by atoms with van der Waals surface area (Å²) < 4.78 is 0. The Morgan fingerprint density at radius 3 is 2.48 bits per heavy atom. The van der Waals surface area contributed by atoms with Crippen LogP contribution in [0.15, 0.2) is 0 Å². The van der Waals surface area contributed by atoms with Crippen molar-refractivity contribution in [3.63, 3.8) is 0 Å². The van der Waals surface area contributed by atoms with E-state index in [9.17, 15) is 14.4 Å². The van der Waals surface area contributed by atoms with Gasteiger partial charge in [-0.2, -0.15) is 0 Å². The molecule has 2 amide bonds. The third-order valence-electron chi connectivity index (χ3n) is 4.64. The number of amides is 2. The lowest BCUT2D eigenvalue weighted by molar-refractivity contribution is -0.143. The Balaban J connectivity index is 1.59. The molecule has 21 heavy (non-hydrogen) atoms. The van der Waals surface area contributed by atoms with Gasteiger partial charge in [-0.15, -0.1) is 0 Å². The topological polar surface area (TPSA) is 95.5 Å². The molecule has 6 heteroatoms. The first-order chi connectivity index (χ1) is 9.99. The van der Waals surface area contributed by atoms with E-state index in [1.165, 1.54) is 0 Å². The Kier molecular flexibility index (Phi) is 5.20. The molecule has 0 saturated heterocycles. The van der Waals surface area contributed by atoms with Crippen molar-refractivity contribution in [1.29, 1.82) is 0 Å². The first-order valence-corrected chi connectivity index (χ1v) is 7.76. The van der Waals surface area contributed by atoms with Crippen molar-refractivity contribution in [2.75, 3.05) is 13.1 Å². The zero-order chi connectivity index (χ0) is 15.4. The second-order valence-electron chi connectivity index (χ2n) is 6.30. The molecule has 0 aromatic carbocycles. The summed E-state index contributed by atoms with van der Waals surface area (Å²) in [5.74, 6) is -0.559. The molecule has 2 rings (SSSR count). The smallest absolute Gasteiger partial charge is 0.306 e. The molecule has 2 saturated carbocycles. The third kappa shape index (κ3) is 4.44. The van der Waals surface area contributed by atoms with Gasteiger partial charge in [-0.1, -0.05) is 13.3 Å². The van der Waals surface area contributed by atoms with E-state index in [-0.39, 0.29) is 36.0 Å². The van der Waals surface area contributed by atoms with E-state index in [1.54, 1.807) is 0 Å². The SMILES string of the molecule is CC1CC1C(=O)NCCC(=O)NCC1CCCC1C(=O)O. The van der Waals surface area contributed by atoms with E-state index < -0.39 is 5.97 Å². The number of aliphatic carboxylic acids is 1. The van der Waals surface area contributed by atoms with E-state index in [0.29, 0.717) is 25.4 Å². The molecule has 0 aliphatic heterocycles. The average Bonchev–Trinajstić information content (AvgIpc) is 2.99. The van der Waals surface area contributed by atoms with Gasteiger partial charge in [0.15, 0.2) is 0 Å². The van der Waals surface area contributed by atoms with Crippen LogP contribution in [0.2, 0.25) is 0 Å². The van der Waals surface area contributed by atoms with E-state index in [0.717, 1.165) is 19.3 Å². The monoisotopic (exact) mass is 296 g/mol. The van der Waals surface area contributed by atoms with Gasteiger partial charge in [0.05, 0.1) is 5.92 Å². The molecule has 4 atom stereocenters. The molecule has 0 heterocycles. The quantitative estimate of drug-likeness (QED) is 0.646. The number of carboxylic acid groups (broad SMARTS) is 1. The number of hydrogen-bond donors (Lipinski definition) is 3. The highest BCUT2D eigenvalue weighted by Gasteiger charge is 2.38. The van der Waals surface area contributed by atoms with Crippen molar-refractivity contribution in [1.82, 2.24) is 10.6 Å². The van der Waals surface area contributed by atoms with Crippen molar-refractivity contribution in [3.05, 3.63) is 0 Å². The van der Waals surface area contributed by atoms with Crippen LogP contribution >= 0.6 is 0 Å². The van der Waals surface area contributed by atoms with Crippen molar-refractivity contribution >= 4 is 17.8 Å². The van der Waals surface area contributed by atoms with Crippen LogP contribution in [0.1, 0.15) is 39.0 Å². The second kappa shape index (κ2) is 6.91. The van der Waals surface area contributed by atoms with Crippen LogP contribution in [-0.2, 0) is 14.4 Å². The van der Waals surface area contributed by atoms with Crippen molar-refractivity contribution in [3.8, 4) is 0 Å². The Hall–Kier alpha value is -1.59. The van der Waals surface area contributed by atoms with Crippen molar-refractivity contribution < 1.29 is 19.5 Å². The minimum Gasteiger partial charge on any atom is -0.481 e. The van der Waals surface area contributed by atoms with E-state index in [4.69, 9.17) is 5.11 Å². The zero-order valence-electron chi connectivity index (χ0n) is 12.4. The summed E-state index contributed by atoms with van der Waals surface area (Å²) in [5.41, 5.74) is 0. The largest absolute Gasteiger partial charge is 0.481 e. The average molecular weight is 296 g/mol. The van der Waals surface area contributed by atoms with Crippen LogP contribution in [0.5, 0.6) is 0 Å². The lowest BCUT2D eigenvalue weighted by atomic mass is 9.96.